The minimum absolute atomic E-state index is 0. The fourth-order valence-electron chi connectivity index (χ4n) is 4.47. The number of hydrogen-bond donors (Lipinski definition) is 2. The number of nitrogens with one attached hydrogen (secondary N) is 2. The Morgan fingerprint density at radius 2 is 1.29 bits per heavy atom. The molecule has 3 aliphatic carbocycles. The van der Waals surface area contributed by atoms with E-state index in [9.17, 15) is 9.59 Å². The van der Waals surface area contributed by atoms with Gasteiger partial charge in [-0.2, -0.15) is 0 Å². The number of rotatable bonds is 6. The summed E-state index contributed by atoms with van der Waals surface area (Å²) in [5.74, 6) is 1.06. The molecule has 2 aromatic carbocycles. The van der Waals surface area contributed by atoms with Gasteiger partial charge in [0.05, 0.1) is 11.4 Å². The van der Waals surface area contributed by atoms with E-state index in [0.717, 1.165) is 17.8 Å². The van der Waals surface area contributed by atoms with Crippen molar-refractivity contribution in [1.29, 1.82) is 0 Å². The number of fused-ring (bicyclic) bond motifs is 1. The van der Waals surface area contributed by atoms with E-state index in [1.165, 1.54) is 29.7 Å². The third-order valence-corrected chi connectivity index (χ3v) is 6.51. The van der Waals surface area contributed by atoms with Crippen LogP contribution in [0.5, 0.6) is 0 Å². The van der Waals surface area contributed by atoms with Crippen molar-refractivity contribution in [3.63, 3.8) is 0 Å². The normalized spacial score (nSPS) is 21.0. The van der Waals surface area contributed by atoms with Crippen LogP contribution in [0.2, 0.25) is 0 Å². The van der Waals surface area contributed by atoms with Crippen molar-refractivity contribution in [2.24, 2.45) is 5.92 Å². The van der Waals surface area contributed by atoms with Gasteiger partial charge in [0.1, 0.15) is 0 Å². The summed E-state index contributed by atoms with van der Waals surface area (Å²) in [7, 11) is 0. The molecule has 2 aromatic rings. The Morgan fingerprint density at radius 1 is 0.789 bits per heavy atom. The van der Waals surface area contributed by atoms with Gasteiger partial charge in [0, 0.05) is 40.3 Å². The number of anilines is 2. The van der Waals surface area contributed by atoms with Crippen LogP contribution in [-0.4, -0.2) is 11.6 Å². The standard InChI is InChI=1S/C20H16N2O2.C13H15.Co/c23-19-11-5-1-7-15(19)13-21-17-9-3-4-10-18(17)22-14-16-8-2-6-12-20(16)24;1-3-6-11-9-12-7-4-5-8-13(12)10(11)2;/h1-14,21-22H;3-5,7-8,10-11H,1-2,6,9H2;/q;-1;/b15-13-,16-14-;;. The zero-order chi connectivity index (χ0) is 26.0. The van der Waals surface area contributed by atoms with Crippen LogP contribution in [0, 0.1) is 12.8 Å². The summed E-state index contributed by atoms with van der Waals surface area (Å²) in [4.78, 5) is 23.5. The summed E-state index contributed by atoms with van der Waals surface area (Å²) < 4.78 is 0. The number of carbonyl (C=O) groups excluding carboxylic acids is 2. The molecule has 5 heteroatoms. The second-order valence-electron chi connectivity index (χ2n) is 8.99. The van der Waals surface area contributed by atoms with Crippen molar-refractivity contribution in [3.05, 3.63) is 151 Å². The molecule has 0 saturated heterocycles. The zero-order valence-electron chi connectivity index (χ0n) is 21.1. The van der Waals surface area contributed by atoms with Gasteiger partial charge in [-0.25, -0.2) is 0 Å². The van der Waals surface area contributed by atoms with Gasteiger partial charge in [-0.1, -0.05) is 78.3 Å². The fraction of sp³-hybridized carbons (Fsp3) is 0.121. The third-order valence-electron chi connectivity index (χ3n) is 6.51. The number of benzene rings is 2. The van der Waals surface area contributed by atoms with Gasteiger partial charge in [0.15, 0.2) is 11.6 Å². The Morgan fingerprint density at radius 3 is 1.79 bits per heavy atom. The molecule has 1 radical (unpaired) electrons. The van der Waals surface area contributed by atoms with Gasteiger partial charge < -0.3 is 17.6 Å². The smallest absolute Gasteiger partial charge is 0.187 e. The average Bonchev–Trinajstić information content (AvgIpc) is 3.24. The summed E-state index contributed by atoms with van der Waals surface area (Å²) in [6.45, 7) is 8.02. The summed E-state index contributed by atoms with van der Waals surface area (Å²) in [5.41, 5.74) is 5.70. The van der Waals surface area contributed by atoms with Crippen LogP contribution in [0.1, 0.15) is 23.5 Å². The molecule has 2 atom stereocenters. The molecular formula is C33H31CoN2O2-. The maximum atomic E-state index is 11.7. The molecule has 0 fully saturated rings. The number of carbonyl (C=O) groups is 2. The predicted molar refractivity (Wildman–Crippen MR) is 153 cm³/mol. The van der Waals surface area contributed by atoms with Crippen molar-refractivity contribution in [1.82, 2.24) is 0 Å². The van der Waals surface area contributed by atoms with E-state index in [1.54, 1.807) is 36.7 Å². The largest absolute Gasteiger partial charge is 0.359 e. The minimum atomic E-state index is -0.0396. The molecule has 0 amide bonds. The van der Waals surface area contributed by atoms with Gasteiger partial charge in [-0.3, -0.25) is 9.59 Å². The van der Waals surface area contributed by atoms with Crippen LogP contribution in [0.3, 0.4) is 0 Å². The van der Waals surface area contributed by atoms with Crippen molar-refractivity contribution in [2.45, 2.75) is 18.8 Å². The molecule has 5 rings (SSSR count). The maximum Gasteiger partial charge on any atom is 0.187 e. The van der Waals surface area contributed by atoms with Gasteiger partial charge in [0.2, 0.25) is 0 Å². The van der Waals surface area contributed by atoms with Gasteiger partial charge in [-0.15, -0.1) is 12.5 Å². The predicted octanol–water partition coefficient (Wildman–Crippen LogP) is 7.02. The van der Waals surface area contributed by atoms with E-state index in [1.807, 2.05) is 42.5 Å². The van der Waals surface area contributed by atoms with Crippen molar-refractivity contribution in [3.8, 4) is 0 Å². The first-order chi connectivity index (χ1) is 18.1. The molecule has 38 heavy (non-hydrogen) atoms. The molecule has 0 aromatic heterocycles. The quantitative estimate of drug-likeness (QED) is 0.232. The topological polar surface area (TPSA) is 58.2 Å². The molecule has 0 spiro atoms. The SMILES string of the molecule is C=CCC1Cc2ccccc2C1[CH2-].O=C1C=CC=C/C1=C/Nc1ccccc1N/C=C1/C=CC=CC1=O.[Co]. The van der Waals surface area contributed by atoms with Gasteiger partial charge in [-0.05, 0) is 54.8 Å². The molecule has 0 bridgehead atoms. The molecule has 195 valence electrons. The second kappa shape index (κ2) is 14.1. The molecule has 0 heterocycles. The number of allylic oxidation sites excluding steroid dienone is 11. The van der Waals surface area contributed by atoms with Crippen LogP contribution < -0.4 is 10.6 Å². The minimum Gasteiger partial charge on any atom is -0.359 e. The molecule has 4 nitrogen and oxygen atoms in total. The van der Waals surface area contributed by atoms with Gasteiger partial charge >= 0.3 is 0 Å². The van der Waals surface area contributed by atoms with Gasteiger partial charge in [0.25, 0.3) is 0 Å². The van der Waals surface area contributed by atoms with Crippen LogP contribution >= 0.6 is 0 Å². The Hall–Kier alpha value is -3.93. The molecule has 0 aliphatic heterocycles. The van der Waals surface area contributed by atoms with Crippen molar-refractivity contribution >= 4 is 22.9 Å². The van der Waals surface area contributed by atoms with E-state index in [4.69, 9.17) is 0 Å². The first-order valence-electron chi connectivity index (χ1n) is 12.4. The summed E-state index contributed by atoms with van der Waals surface area (Å²) in [5, 5.41) is 6.27. The van der Waals surface area contributed by atoms with Crippen LogP contribution in [-0.2, 0) is 32.8 Å². The van der Waals surface area contributed by atoms with E-state index < -0.39 is 0 Å². The molecule has 2 N–H and O–H groups in total. The number of hydrogen-bond acceptors (Lipinski definition) is 4. The monoisotopic (exact) mass is 546 g/mol. The first-order valence-corrected chi connectivity index (χ1v) is 12.4. The van der Waals surface area contributed by atoms with E-state index in [2.05, 4.69) is 48.4 Å². The molecular weight excluding hydrogens is 515 g/mol. The van der Waals surface area contributed by atoms with E-state index in [0.29, 0.717) is 23.0 Å². The average molecular weight is 547 g/mol. The Labute approximate surface area is 235 Å². The van der Waals surface area contributed by atoms with Crippen LogP contribution in [0.25, 0.3) is 0 Å². The van der Waals surface area contributed by atoms with Crippen LogP contribution in [0.15, 0.2) is 133 Å². The summed E-state index contributed by atoms with van der Waals surface area (Å²) >= 11 is 0. The second-order valence-corrected chi connectivity index (χ2v) is 8.99. The number of para-hydroxylation sites is 2. The Kier molecular flexibility index (Phi) is 10.6. The molecule has 0 saturated carbocycles. The van der Waals surface area contributed by atoms with Crippen molar-refractivity contribution in [2.75, 3.05) is 10.6 Å². The van der Waals surface area contributed by atoms with Crippen LogP contribution in [0.4, 0.5) is 11.4 Å². The number of ketones is 2. The Bertz CT molecular complexity index is 1290. The van der Waals surface area contributed by atoms with E-state index in [-0.39, 0.29) is 28.3 Å². The summed E-state index contributed by atoms with van der Waals surface area (Å²) in [6.07, 6.45) is 21.2. The summed E-state index contributed by atoms with van der Waals surface area (Å²) in [6, 6.07) is 16.2. The van der Waals surface area contributed by atoms with E-state index >= 15 is 0 Å². The third kappa shape index (κ3) is 7.31. The maximum absolute atomic E-state index is 11.7. The zero-order valence-corrected chi connectivity index (χ0v) is 22.1. The first kappa shape index (κ1) is 28.6. The van der Waals surface area contributed by atoms with Crippen molar-refractivity contribution < 1.29 is 26.4 Å². The Balaban J connectivity index is 0.000000242. The molecule has 2 unspecified atom stereocenters. The fourth-order valence-corrected chi connectivity index (χ4v) is 4.47. The molecule has 3 aliphatic rings.